The third-order valence-corrected chi connectivity index (χ3v) is 3.85. The van der Waals surface area contributed by atoms with Crippen LogP contribution >= 0.6 is 0 Å². The molecule has 0 aliphatic carbocycles. The molecule has 1 aromatic rings. The largest absolute Gasteiger partial charge is 0.362 e. The van der Waals surface area contributed by atoms with E-state index in [1.54, 1.807) is 0 Å². The van der Waals surface area contributed by atoms with Crippen molar-refractivity contribution in [1.82, 2.24) is 10.2 Å². The summed E-state index contributed by atoms with van der Waals surface area (Å²) in [7, 11) is 1.89. The second kappa shape index (κ2) is 6.75. The highest BCUT2D eigenvalue weighted by Crippen LogP contribution is 2.22. The molecule has 1 N–H and O–H groups in total. The van der Waals surface area contributed by atoms with Gasteiger partial charge >= 0.3 is 0 Å². The zero-order valence-electron chi connectivity index (χ0n) is 12.8. The van der Waals surface area contributed by atoms with Gasteiger partial charge in [-0.25, -0.2) is 0 Å². The normalized spacial score (nSPS) is 16.4. The molecule has 0 aromatic heterocycles. The number of amides is 1. The van der Waals surface area contributed by atoms with Gasteiger partial charge in [0.05, 0.1) is 6.54 Å². The summed E-state index contributed by atoms with van der Waals surface area (Å²) < 4.78 is 0. The van der Waals surface area contributed by atoms with Crippen LogP contribution in [-0.4, -0.2) is 44.0 Å². The Morgan fingerprint density at radius 2 is 2.10 bits per heavy atom. The topological polar surface area (TPSA) is 35.6 Å². The van der Waals surface area contributed by atoms with Crippen LogP contribution in [0.5, 0.6) is 0 Å². The first-order valence-electron chi connectivity index (χ1n) is 7.41. The van der Waals surface area contributed by atoms with Crippen LogP contribution in [0.2, 0.25) is 0 Å². The summed E-state index contributed by atoms with van der Waals surface area (Å²) in [6.07, 6.45) is 1.03. The molecule has 4 heteroatoms. The summed E-state index contributed by atoms with van der Waals surface area (Å²) >= 11 is 0. The highest BCUT2D eigenvalue weighted by Gasteiger charge is 2.20. The average molecular weight is 275 g/mol. The molecule has 4 nitrogen and oxygen atoms in total. The highest BCUT2D eigenvalue weighted by atomic mass is 16.2. The fourth-order valence-corrected chi connectivity index (χ4v) is 2.64. The first-order chi connectivity index (χ1) is 9.61. The molecule has 1 amide bonds. The molecule has 1 aliphatic rings. The Kier molecular flexibility index (Phi) is 5.01. The summed E-state index contributed by atoms with van der Waals surface area (Å²) in [5.74, 6) is 0.207. The van der Waals surface area contributed by atoms with E-state index in [4.69, 9.17) is 0 Å². The van der Waals surface area contributed by atoms with Gasteiger partial charge in [0.15, 0.2) is 0 Å². The Hall–Kier alpha value is -1.55. The predicted molar refractivity (Wildman–Crippen MR) is 83.0 cm³/mol. The van der Waals surface area contributed by atoms with Gasteiger partial charge in [-0.3, -0.25) is 4.79 Å². The maximum Gasteiger partial charge on any atom is 0.241 e. The number of carbonyl (C=O) groups excluding carboxylic acids is 1. The van der Waals surface area contributed by atoms with E-state index < -0.39 is 0 Å². The predicted octanol–water partition coefficient (Wildman–Crippen LogP) is 1.77. The van der Waals surface area contributed by atoms with Gasteiger partial charge in [0.25, 0.3) is 0 Å². The van der Waals surface area contributed by atoms with Crippen LogP contribution in [0.3, 0.4) is 0 Å². The second-order valence-corrected chi connectivity index (χ2v) is 5.49. The van der Waals surface area contributed by atoms with Gasteiger partial charge in [-0.15, -0.1) is 0 Å². The zero-order chi connectivity index (χ0) is 14.5. The van der Waals surface area contributed by atoms with Crippen LogP contribution < -0.4 is 10.2 Å². The van der Waals surface area contributed by atoms with Crippen LogP contribution in [-0.2, 0) is 11.3 Å². The number of rotatable bonds is 4. The van der Waals surface area contributed by atoms with Crippen molar-refractivity contribution < 1.29 is 4.79 Å². The Morgan fingerprint density at radius 1 is 1.30 bits per heavy atom. The van der Waals surface area contributed by atoms with Crippen LogP contribution in [0.15, 0.2) is 18.2 Å². The molecular formula is C16H25N3O. The van der Waals surface area contributed by atoms with Crippen molar-refractivity contribution in [1.29, 1.82) is 0 Å². The Morgan fingerprint density at radius 3 is 2.80 bits per heavy atom. The van der Waals surface area contributed by atoms with Crippen LogP contribution in [0.25, 0.3) is 0 Å². The summed E-state index contributed by atoms with van der Waals surface area (Å²) in [5, 5.41) is 3.34. The number of nitrogens with zero attached hydrogens (tertiary/aromatic N) is 2. The maximum atomic E-state index is 12.0. The van der Waals surface area contributed by atoms with Crippen LogP contribution in [0.1, 0.15) is 24.5 Å². The summed E-state index contributed by atoms with van der Waals surface area (Å²) in [6.45, 7) is 8.41. The molecule has 110 valence electrons. The van der Waals surface area contributed by atoms with Crippen LogP contribution in [0.4, 0.5) is 5.69 Å². The van der Waals surface area contributed by atoms with Gasteiger partial charge in [0.2, 0.25) is 5.91 Å². The zero-order valence-corrected chi connectivity index (χ0v) is 12.8. The third-order valence-electron chi connectivity index (χ3n) is 3.85. The third kappa shape index (κ3) is 3.51. The van der Waals surface area contributed by atoms with E-state index in [1.165, 1.54) is 16.8 Å². The maximum absolute atomic E-state index is 12.0. The van der Waals surface area contributed by atoms with E-state index in [-0.39, 0.29) is 5.91 Å². The number of likely N-dealkylation sites (N-methyl/N-ethyl adjacent to an activating group) is 1. The number of hydrogen-bond acceptors (Lipinski definition) is 3. The first-order valence-corrected chi connectivity index (χ1v) is 7.41. The first kappa shape index (κ1) is 14.9. The molecule has 0 spiro atoms. The van der Waals surface area contributed by atoms with Gasteiger partial charge in [0, 0.05) is 32.4 Å². The molecule has 0 atom stereocenters. The monoisotopic (exact) mass is 275 g/mol. The molecule has 20 heavy (non-hydrogen) atoms. The van der Waals surface area contributed by atoms with Crippen molar-refractivity contribution in [3.8, 4) is 0 Å². The Bertz CT molecular complexity index is 473. The van der Waals surface area contributed by atoms with Gasteiger partial charge in [-0.05, 0) is 37.1 Å². The minimum atomic E-state index is 0.207. The van der Waals surface area contributed by atoms with Crippen molar-refractivity contribution >= 4 is 11.6 Å². The minimum absolute atomic E-state index is 0.207. The molecule has 1 aliphatic heterocycles. The van der Waals surface area contributed by atoms with Crippen molar-refractivity contribution in [3.63, 3.8) is 0 Å². The van der Waals surface area contributed by atoms with E-state index in [1.807, 2.05) is 11.9 Å². The summed E-state index contributed by atoms with van der Waals surface area (Å²) in [6, 6.07) is 6.53. The second-order valence-electron chi connectivity index (χ2n) is 5.49. The molecule has 1 heterocycles. The van der Waals surface area contributed by atoms with Gasteiger partial charge < -0.3 is 15.1 Å². The summed E-state index contributed by atoms with van der Waals surface area (Å²) in [5.41, 5.74) is 3.73. The van der Waals surface area contributed by atoms with E-state index in [0.29, 0.717) is 6.54 Å². The van der Waals surface area contributed by atoms with Crippen molar-refractivity contribution in [2.45, 2.75) is 26.8 Å². The molecule has 2 rings (SSSR count). The lowest BCUT2D eigenvalue weighted by atomic mass is 10.1. The Labute approximate surface area is 121 Å². The van der Waals surface area contributed by atoms with E-state index >= 15 is 0 Å². The standard InChI is InChI=1S/C16H25N3O/c1-4-17-11-14-6-7-15(13(2)10-14)19-9-5-8-18(3)16(20)12-19/h6-7,10,17H,4-5,8-9,11-12H2,1-3H3. The molecule has 1 saturated heterocycles. The molecular weight excluding hydrogens is 250 g/mol. The number of nitrogens with one attached hydrogen (secondary N) is 1. The molecule has 1 fully saturated rings. The smallest absolute Gasteiger partial charge is 0.241 e. The summed E-state index contributed by atoms with van der Waals surface area (Å²) in [4.78, 5) is 16.0. The molecule has 1 aromatic carbocycles. The van der Waals surface area contributed by atoms with Crippen molar-refractivity contribution in [2.75, 3.05) is 38.1 Å². The SMILES string of the molecule is CCNCc1ccc(N2CCCN(C)C(=O)C2)c(C)c1. The van der Waals surface area contributed by atoms with Gasteiger partial charge in [-0.2, -0.15) is 0 Å². The van der Waals surface area contributed by atoms with Gasteiger partial charge in [-0.1, -0.05) is 19.1 Å². The van der Waals surface area contributed by atoms with Crippen molar-refractivity contribution in [3.05, 3.63) is 29.3 Å². The Balaban J connectivity index is 2.13. The molecule has 0 unspecified atom stereocenters. The lowest BCUT2D eigenvalue weighted by molar-refractivity contribution is -0.127. The van der Waals surface area contributed by atoms with Gasteiger partial charge in [0.1, 0.15) is 0 Å². The van der Waals surface area contributed by atoms with Crippen molar-refractivity contribution in [2.24, 2.45) is 0 Å². The molecule has 0 bridgehead atoms. The number of anilines is 1. The molecule has 0 radical (unpaired) electrons. The lowest BCUT2D eigenvalue weighted by Crippen LogP contribution is -2.34. The quantitative estimate of drug-likeness (QED) is 0.910. The molecule has 0 saturated carbocycles. The van der Waals surface area contributed by atoms with E-state index in [0.717, 1.165) is 32.6 Å². The van der Waals surface area contributed by atoms with E-state index in [2.05, 4.69) is 42.3 Å². The fraction of sp³-hybridized carbons (Fsp3) is 0.562. The van der Waals surface area contributed by atoms with Crippen LogP contribution in [0, 0.1) is 6.92 Å². The number of carbonyl (C=O) groups is 1. The lowest BCUT2D eigenvalue weighted by Gasteiger charge is -2.24. The fourth-order valence-electron chi connectivity index (χ4n) is 2.64. The number of aryl methyl sites for hydroxylation is 1. The highest BCUT2D eigenvalue weighted by molar-refractivity contribution is 5.82. The average Bonchev–Trinajstić information content (AvgIpc) is 2.59. The number of hydrogen-bond donors (Lipinski definition) is 1. The minimum Gasteiger partial charge on any atom is -0.362 e. The van der Waals surface area contributed by atoms with E-state index in [9.17, 15) is 4.79 Å². The number of benzene rings is 1.